The van der Waals surface area contributed by atoms with Crippen molar-refractivity contribution in [1.29, 1.82) is 0 Å². The fourth-order valence-electron chi connectivity index (χ4n) is 1.31. The molecule has 0 N–H and O–H groups in total. The number of hydrogen-bond acceptors (Lipinski definition) is 2. The zero-order chi connectivity index (χ0) is 10.6. The molecule has 0 unspecified atom stereocenters. The molecule has 0 amide bonds. The van der Waals surface area contributed by atoms with E-state index in [1.165, 1.54) is 0 Å². The summed E-state index contributed by atoms with van der Waals surface area (Å²) >= 11 is 5.45. The average Bonchev–Trinajstić information content (AvgIpc) is 2.18. The molecule has 0 fully saturated rings. The van der Waals surface area contributed by atoms with Crippen molar-refractivity contribution in [3.8, 4) is 0 Å². The lowest BCUT2D eigenvalue weighted by atomic mass is 10.2. The summed E-state index contributed by atoms with van der Waals surface area (Å²) in [4.78, 5) is 0.420. The number of sulfone groups is 1. The number of rotatable bonds is 4. The van der Waals surface area contributed by atoms with Crippen LogP contribution in [-0.4, -0.2) is 20.1 Å². The Balaban J connectivity index is 3.18. The van der Waals surface area contributed by atoms with Crippen LogP contribution in [0.4, 0.5) is 0 Å². The first-order valence-corrected chi connectivity index (χ1v) is 6.67. The summed E-state index contributed by atoms with van der Waals surface area (Å²) in [5.74, 6) is 0.145. The predicted molar refractivity (Wildman–Crippen MR) is 58.6 cm³/mol. The molecule has 1 aromatic carbocycles. The number of hydrogen-bond donors (Lipinski definition) is 0. The second-order valence-electron chi connectivity index (χ2n) is 2.97. The first kappa shape index (κ1) is 11.5. The molecule has 0 heterocycles. The minimum Gasteiger partial charge on any atom is -0.224 e. The van der Waals surface area contributed by atoms with E-state index in [4.69, 9.17) is 11.6 Å². The SMILES string of the molecule is CCc1ccccc1S(=O)(=O)CCCl. The Morgan fingerprint density at radius 1 is 1.29 bits per heavy atom. The van der Waals surface area contributed by atoms with Crippen LogP contribution in [0.15, 0.2) is 29.2 Å². The van der Waals surface area contributed by atoms with E-state index in [2.05, 4.69) is 0 Å². The van der Waals surface area contributed by atoms with Crippen LogP contribution >= 0.6 is 11.6 Å². The third kappa shape index (κ3) is 2.49. The van der Waals surface area contributed by atoms with Gasteiger partial charge < -0.3 is 0 Å². The Morgan fingerprint density at radius 3 is 2.50 bits per heavy atom. The molecule has 1 aromatic rings. The summed E-state index contributed by atoms with van der Waals surface area (Å²) in [5.41, 5.74) is 0.859. The fourth-order valence-corrected chi connectivity index (χ4v) is 3.24. The van der Waals surface area contributed by atoms with Crippen molar-refractivity contribution >= 4 is 21.4 Å². The number of aryl methyl sites for hydroxylation is 1. The molecular weight excluding hydrogens is 220 g/mol. The molecule has 78 valence electrons. The normalized spacial score (nSPS) is 11.6. The zero-order valence-electron chi connectivity index (χ0n) is 8.03. The van der Waals surface area contributed by atoms with E-state index in [1.807, 2.05) is 19.1 Å². The van der Waals surface area contributed by atoms with Crippen molar-refractivity contribution < 1.29 is 8.42 Å². The van der Waals surface area contributed by atoms with E-state index in [-0.39, 0.29) is 11.6 Å². The van der Waals surface area contributed by atoms with Crippen LogP contribution in [0.25, 0.3) is 0 Å². The number of alkyl halides is 1. The maximum Gasteiger partial charge on any atom is 0.179 e. The Morgan fingerprint density at radius 2 is 1.93 bits per heavy atom. The van der Waals surface area contributed by atoms with Gasteiger partial charge in [-0.3, -0.25) is 0 Å². The molecule has 0 aliphatic carbocycles. The van der Waals surface area contributed by atoms with Gasteiger partial charge in [-0.05, 0) is 18.1 Å². The molecule has 0 saturated carbocycles. The van der Waals surface area contributed by atoms with Crippen LogP contribution in [0.5, 0.6) is 0 Å². The molecule has 0 aliphatic rings. The first-order valence-electron chi connectivity index (χ1n) is 4.48. The minimum atomic E-state index is -3.19. The quantitative estimate of drug-likeness (QED) is 0.747. The monoisotopic (exact) mass is 232 g/mol. The molecule has 0 bridgehead atoms. The van der Waals surface area contributed by atoms with Gasteiger partial charge in [0.05, 0.1) is 10.6 Å². The maximum atomic E-state index is 11.7. The van der Waals surface area contributed by atoms with E-state index < -0.39 is 9.84 Å². The average molecular weight is 233 g/mol. The van der Waals surface area contributed by atoms with Gasteiger partial charge >= 0.3 is 0 Å². The van der Waals surface area contributed by atoms with Gasteiger partial charge in [0, 0.05) is 5.88 Å². The van der Waals surface area contributed by atoms with Gasteiger partial charge in [-0.2, -0.15) is 0 Å². The van der Waals surface area contributed by atoms with Gasteiger partial charge in [0.15, 0.2) is 9.84 Å². The topological polar surface area (TPSA) is 34.1 Å². The van der Waals surface area contributed by atoms with Crippen LogP contribution in [0.1, 0.15) is 12.5 Å². The van der Waals surface area contributed by atoms with Crippen molar-refractivity contribution in [1.82, 2.24) is 0 Å². The van der Waals surface area contributed by atoms with Gasteiger partial charge in [-0.25, -0.2) is 8.42 Å². The Bertz CT molecular complexity index is 398. The Labute approximate surface area is 89.8 Å². The van der Waals surface area contributed by atoms with Gasteiger partial charge in [0.1, 0.15) is 0 Å². The molecule has 1 rings (SSSR count). The third-order valence-corrected chi connectivity index (χ3v) is 4.26. The van der Waals surface area contributed by atoms with E-state index in [9.17, 15) is 8.42 Å². The van der Waals surface area contributed by atoms with Gasteiger partial charge in [-0.1, -0.05) is 25.1 Å². The van der Waals surface area contributed by atoms with Gasteiger partial charge in [-0.15, -0.1) is 11.6 Å². The number of halogens is 1. The van der Waals surface area contributed by atoms with E-state index >= 15 is 0 Å². The third-order valence-electron chi connectivity index (χ3n) is 2.03. The van der Waals surface area contributed by atoms with Crippen LogP contribution in [0.2, 0.25) is 0 Å². The smallest absolute Gasteiger partial charge is 0.179 e. The molecule has 0 spiro atoms. The zero-order valence-corrected chi connectivity index (χ0v) is 9.61. The summed E-state index contributed by atoms with van der Waals surface area (Å²) in [6, 6.07) is 7.06. The van der Waals surface area contributed by atoms with Crippen LogP contribution in [0, 0.1) is 0 Å². The summed E-state index contributed by atoms with van der Waals surface area (Å²) < 4.78 is 23.5. The van der Waals surface area contributed by atoms with Crippen molar-refractivity contribution in [3.63, 3.8) is 0 Å². The lowest BCUT2D eigenvalue weighted by molar-refractivity contribution is 0.596. The summed E-state index contributed by atoms with van der Waals surface area (Å²) in [6.45, 7) is 1.94. The summed E-state index contributed by atoms with van der Waals surface area (Å²) in [6.07, 6.45) is 0.720. The van der Waals surface area contributed by atoms with Gasteiger partial charge in [0.2, 0.25) is 0 Å². The standard InChI is InChI=1S/C10H13ClO2S/c1-2-9-5-3-4-6-10(9)14(12,13)8-7-11/h3-6H,2,7-8H2,1H3. The summed E-state index contributed by atoms with van der Waals surface area (Å²) in [7, 11) is -3.19. The Kier molecular flexibility index (Phi) is 3.96. The first-order chi connectivity index (χ1) is 6.61. The van der Waals surface area contributed by atoms with E-state index in [0.29, 0.717) is 4.90 Å². The van der Waals surface area contributed by atoms with Crippen molar-refractivity contribution in [2.24, 2.45) is 0 Å². The highest BCUT2D eigenvalue weighted by atomic mass is 35.5. The van der Waals surface area contributed by atoms with Gasteiger partial charge in [0.25, 0.3) is 0 Å². The molecule has 0 aliphatic heterocycles. The molecule has 14 heavy (non-hydrogen) atoms. The summed E-state index contributed by atoms with van der Waals surface area (Å²) in [5, 5.41) is 0. The largest absolute Gasteiger partial charge is 0.224 e. The highest BCUT2D eigenvalue weighted by molar-refractivity contribution is 7.91. The van der Waals surface area contributed by atoms with E-state index in [0.717, 1.165) is 12.0 Å². The van der Waals surface area contributed by atoms with Crippen molar-refractivity contribution in [2.45, 2.75) is 18.2 Å². The highest BCUT2D eigenvalue weighted by Crippen LogP contribution is 2.17. The lowest BCUT2D eigenvalue weighted by Crippen LogP contribution is -2.10. The van der Waals surface area contributed by atoms with Crippen molar-refractivity contribution in [2.75, 3.05) is 11.6 Å². The maximum absolute atomic E-state index is 11.7. The molecule has 0 aromatic heterocycles. The molecule has 0 radical (unpaired) electrons. The highest BCUT2D eigenvalue weighted by Gasteiger charge is 2.16. The second kappa shape index (κ2) is 4.80. The van der Waals surface area contributed by atoms with Crippen LogP contribution in [-0.2, 0) is 16.3 Å². The molecule has 4 heteroatoms. The number of benzene rings is 1. The molecule has 0 saturated heterocycles. The lowest BCUT2D eigenvalue weighted by Gasteiger charge is -2.07. The van der Waals surface area contributed by atoms with Crippen molar-refractivity contribution in [3.05, 3.63) is 29.8 Å². The molecule has 2 nitrogen and oxygen atoms in total. The Hall–Kier alpha value is -0.540. The molecular formula is C10H13ClO2S. The predicted octanol–water partition coefficient (Wildman–Crippen LogP) is 2.26. The van der Waals surface area contributed by atoms with Crippen LogP contribution in [0.3, 0.4) is 0 Å². The molecule has 0 atom stereocenters. The van der Waals surface area contributed by atoms with E-state index in [1.54, 1.807) is 12.1 Å². The minimum absolute atomic E-state index is 0.00552. The van der Waals surface area contributed by atoms with Crippen LogP contribution < -0.4 is 0 Å². The second-order valence-corrected chi connectivity index (χ2v) is 5.42. The fraction of sp³-hybridized carbons (Fsp3) is 0.400.